The van der Waals surface area contributed by atoms with Gasteiger partial charge >= 0.3 is 0 Å². The zero-order chi connectivity index (χ0) is 38.2. The van der Waals surface area contributed by atoms with E-state index in [0.717, 1.165) is 66.3 Å². The third kappa shape index (κ3) is 5.25. The van der Waals surface area contributed by atoms with Crippen LogP contribution in [0.4, 0.5) is 0 Å². The molecule has 5 nitrogen and oxygen atoms in total. The maximum Gasteiger partial charge on any atom is 0.159 e. The van der Waals surface area contributed by atoms with Crippen LogP contribution < -0.4 is 5.32 Å². The number of nitrogens with one attached hydrogen (secondary N) is 1. The minimum atomic E-state index is -0.401. The number of hydrogen-bond donors (Lipinski definition) is 1. The molecule has 272 valence electrons. The summed E-state index contributed by atoms with van der Waals surface area (Å²) in [6, 6.07) is 68.7. The van der Waals surface area contributed by atoms with Crippen molar-refractivity contribution in [2.75, 3.05) is 0 Å². The lowest BCUT2D eigenvalue weighted by atomic mass is 10.0. The van der Waals surface area contributed by atoms with Gasteiger partial charge in [0.1, 0.15) is 23.2 Å². The van der Waals surface area contributed by atoms with Crippen LogP contribution >= 0.6 is 0 Å². The molecule has 11 aromatic rings. The summed E-state index contributed by atoms with van der Waals surface area (Å²) in [5.41, 5.74) is 10.1. The number of hydrogen-bond acceptors (Lipinski definition) is 4. The maximum absolute atomic E-state index is 6.78. The fraction of sp³-hybridized carbons (Fsp3) is 0.0189. The number of furan rings is 1. The van der Waals surface area contributed by atoms with Crippen molar-refractivity contribution < 1.29 is 4.42 Å². The molecule has 9 aromatic carbocycles. The third-order valence-electron chi connectivity index (χ3n) is 11.6. The highest BCUT2D eigenvalue weighted by atomic mass is 16.3. The van der Waals surface area contributed by atoms with Crippen molar-refractivity contribution >= 4 is 77.0 Å². The van der Waals surface area contributed by atoms with Crippen molar-refractivity contribution in [1.82, 2.24) is 9.88 Å². The number of aliphatic imine (C=N–C) groups is 2. The molecule has 0 aliphatic carbocycles. The molecule has 1 aliphatic rings. The molecule has 58 heavy (non-hydrogen) atoms. The Morgan fingerprint density at radius 2 is 1.12 bits per heavy atom. The Morgan fingerprint density at radius 3 is 1.95 bits per heavy atom. The molecule has 0 amide bonds. The van der Waals surface area contributed by atoms with Gasteiger partial charge in [-0.1, -0.05) is 152 Å². The predicted molar refractivity (Wildman–Crippen MR) is 240 cm³/mol. The average molecular weight is 743 g/mol. The molecule has 0 bridgehead atoms. The van der Waals surface area contributed by atoms with Gasteiger partial charge in [0.25, 0.3) is 0 Å². The Kier molecular flexibility index (Phi) is 7.23. The SMILES string of the molecule is c1ccc(-c2ccc(C3N=C(c4ccc5ccccc5c4)N=C(c4cc(-n5c6ccccc6c6cc7ccccc7cc65)cc5c4oc4ccccc45)N3)cc2)cc1. The second kappa shape index (κ2) is 12.9. The van der Waals surface area contributed by atoms with Gasteiger partial charge in [-0.3, -0.25) is 0 Å². The monoisotopic (exact) mass is 742 g/mol. The van der Waals surface area contributed by atoms with Gasteiger partial charge < -0.3 is 14.3 Å². The molecule has 0 saturated carbocycles. The minimum absolute atomic E-state index is 0.401. The van der Waals surface area contributed by atoms with E-state index in [2.05, 4.69) is 186 Å². The number of aromatic nitrogens is 1. The van der Waals surface area contributed by atoms with Crippen LogP contribution in [0.5, 0.6) is 0 Å². The molecule has 0 fully saturated rings. The van der Waals surface area contributed by atoms with Gasteiger partial charge in [-0.15, -0.1) is 0 Å². The molecule has 2 aromatic heterocycles. The summed E-state index contributed by atoms with van der Waals surface area (Å²) in [6.45, 7) is 0. The van der Waals surface area contributed by atoms with Crippen LogP contribution in [0.1, 0.15) is 22.9 Å². The van der Waals surface area contributed by atoms with E-state index in [-0.39, 0.29) is 0 Å². The summed E-state index contributed by atoms with van der Waals surface area (Å²) in [6.07, 6.45) is -0.401. The highest BCUT2D eigenvalue weighted by molar-refractivity contribution is 6.21. The summed E-state index contributed by atoms with van der Waals surface area (Å²) in [7, 11) is 0. The van der Waals surface area contributed by atoms with Crippen molar-refractivity contribution in [3.05, 3.63) is 211 Å². The number of nitrogens with zero attached hydrogens (tertiary/aromatic N) is 3. The molecule has 1 aliphatic heterocycles. The summed E-state index contributed by atoms with van der Waals surface area (Å²) in [4.78, 5) is 10.7. The van der Waals surface area contributed by atoms with Gasteiger partial charge in [0.05, 0.1) is 16.6 Å². The second-order valence-electron chi connectivity index (χ2n) is 15.0. The number of benzene rings is 9. The molecule has 3 heterocycles. The molecule has 0 saturated heterocycles. The highest BCUT2D eigenvalue weighted by Gasteiger charge is 2.26. The van der Waals surface area contributed by atoms with E-state index < -0.39 is 6.17 Å². The van der Waals surface area contributed by atoms with E-state index in [4.69, 9.17) is 14.4 Å². The van der Waals surface area contributed by atoms with Gasteiger partial charge in [-0.25, -0.2) is 9.98 Å². The van der Waals surface area contributed by atoms with Gasteiger partial charge in [0.2, 0.25) is 0 Å². The number of amidine groups is 2. The largest absolute Gasteiger partial charge is 0.455 e. The van der Waals surface area contributed by atoms with E-state index in [1.165, 1.54) is 32.5 Å². The molecule has 12 rings (SSSR count). The lowest BCUT2D eigenvalue weighted by Gasteiger charge is -2.24. The van der Waals surface area contributed by atoms with Crippen LogP contribution in [-0.2, 0) is 0 Å². The maximum atomic E-state index is 6.78. The predicted octanol–water partition coefficient (Wildman–Crippen LogP) is 13.2. The molecule has 5 heteroatoms. The van der Waals surface area contributed by atoms with E-state index in [0.29, 0.717) is 11.7 Å². The first-order valence-corrected chi connectivity index (χ1v) is 19.7. The van der Waals surface area contributed by atoms with Crippen molar-refractivity contribution in [2.24, 2.45) is 9.98 Å². The van der Waals surface area contributed by atoms with E-state index in [9.17, 15) is 0 Å². The lowest BCUT2D eigenvalue weighted by molar-refractivity contribution is 0.659. The van der Waals surface area contributed by atoms with Gasteiger partial charge in [-0.2, -0.15) is 0 Å². The topological polar surface area (TPSA) is 54.8 Å². The zero-order valence-corrected chi connectivity index (χ0v) is 31.3. The number of rotatable bonds is 5. The van der Waals surface area contributed by atoms with Crippen molar-refractivity contribution in [3.8, 4) is 16.8 Å². The molecule has 1 unspecified atom stereocenters. The average Bonchev–Trinajstić information content (AvgIpc) is 3.83. The van der Waals surface area contributed by atoms with Crippen molar-refractivity contribution in [2.45, 2.75) is 6.17 Å². The van der Waals surface area contributed by atoms with Gasteiger partial charge in [-0.05, 0) is 80.7 Å². The summed E-state index contributed by atoms with van der Waals surface area (Å²) >= 11 is 0. The lowest BCUT2D eigenvalue weighted by Crippen LogP contribution is -2.33. The molecular formula is C53H34N4O. The van der Waals surface area contributed by atoms with Crippen LogP contribution in [0.3, 0.4) is 0 Å². The Morgan fingerprint density at radius 1 is 0.466 bits per heavy atom. The molecule has 1 N–H and O–H groups in total. The van der Waals surface area contributed by atoms with Crippen molar-refractivity contribution in [3.63, 3.8) is 0 Å². The summed E-state index contributed by atoms with van der Waals surface area (Å²) in [5, 5.41) is 13.0. The molecule has 0 spiro atoms. The first-order valence-electron chi connectivity index (χ1n) is 19.7. The second-order valence-corrected chi connectivity index (χ2v) is 15.0. The molecule has 1 atom stereocenters. The Bertz CT molecular complexity index is 3480. The Balaban J connectivity index is 1.09. The number of fused-ring (bicyclic) bond motifs is 8. The summed E-state index contributed by atoms with van der Waals surface area (Å²) in [5.74, 6) is 1.36. The summed E-state index contributed by atoms with van der Waals surface area (Å²) < 4.78 is 9.17. The Hall–Kier alpha value is -7.76. The fourth-order valence-corrected chi connectivity index (χ4v) is 8.75. The van der Waals surface area contributed by atoms with Gasteiger partial charge in [0.15, 0.2) is 5.84 Å². The molecular weight excluding hydrogens is 709 g/mol. The van der Waals surface area contributed by atoms with E-state index in [1.54, 1.807) is 0 Å². The van der Waals surface area contributed by atoms with Crippen LogP contribution in [0.25, 0.3) is 82.1 Å². The normalized spacial score (nSPS) is 14.4. The van der Waals surface area contributed by atoms with Crippen LogP contribution in [0, 0.1) is 0 Å². The fourth-order valence-electron chi connectivity index (χ4n) is 8.75. The quantitative estimate of drug-likeness (QED) is 0.191. The first kappa shape index (κ1) is 32.5. The standard InChI is InChI=1S/C53H34N4O/c1-2-12-33(13-3-1)35-22-25-36(26-23-35)51-54-52(40-27-24-34-14-4-5-15-37(34)28-40)56-53(55-51)46-32-41(31-45-43-19-9-11-21-49(43)58-50(45)46)57-47-20-10-8-18-42(47)44-29-38-16-6-7-17-39(38)30-48(44)57/h1-32,51H,(H,54,55,56). The van der Waals surface area contributed by atoms with Gasteiger partial charge in [0, 0.05) is 32.8 Å². The van der Waals surface area contributed by atoms with Crippen LogP contribution in [0.2, 0.25) is 0 Å². The molecule has 0 radical (unpaired) electrons. The van der Waals surface area contributed by atoms with Crippen LogP contribution in [0.15, 0.2) is 209 Å². The van der Waals surface area contributed by atoms with E-state index >= 15 is 0 Å². The van der Waals surface area contributed by atoms with Crippen LogP contribution in [-0.4, -0.2) is 16.2 Å². The minimum Gasteiger partial charge on any atom is -0.455 e. The highest BCUT2D eigenvalue weighted by Crippen LogP contribution is 2.39. The Labute approximate surface area is 333 Å². The smallest absolute Gasteiger partial charge is 0.159 e. The zero-order valence-electron chi connectivity index (χ0n) is 31.3. The number of para-hydroxylation sites is 2. The third-order valence-corrected chi connectivity index (χ3v) is 11.6. The van der Waals surface area contributed by atoms with E-state index in [1.807, 2.05) is 18.2 Å². The first-order chi connectivity index (χ1) is 28.7. The van der Waals surface area contributed by atoms with Crippen molar-refractivity contribution in [1.29, 1.82) is 0 Å².